The molecule has 0 aromatic heterocycles. The number of carbonyl (C=O) groups is 1. The zero-order valence-corrected chi connectivity index (χ0v) is 21.1. The van der Waals surface area contributed by atoms with Gasteiger partial charge in [-0.3, -0.25) is 9.79 Å². The number of carbonyl (C=O) groups excluding carboxylic acids is 1. The number of hydrogen-bond donors (Lipinski definition) is 3. The third-order valence-corrected chi connectivity index (χ3v) is 6.23. The van der Waals surface area contributed by atoms with Crippen molar-refractivity contribution in [3.05, 3.63) is 29.8 Å². The van der Waals surface area contributed by atoms with E-state index in [1.54, 1.807) is 14.2 Å². The highest BCUT2D eigenvalue weighted by Gasteiger charge is 2.33. The third-order valence-electron chi connectivity index (χ3n) is 6.23. The molecule has 1 aromatic rings. The highest BCUT2D eigenvalue weighted by atomic mass is 127. The van der Waals surface area contributed by atoms with Gasteiger partial charge >= 0.3 is 0 Å². The maximum absolute atomic E-state index is 12.3. The monoisotopic (exact) mass is 544 g/mol. The summed E-state index contributed by atoms with van der Waals surface area (Å²) in [6.45, 7) is 3.01. The summed E-state index contributed by atoms with van der Waals surface area (Å²) in [5, 5.41) is 9.86. The minimum Gasteiger partial charge on any atom is -0.385 e. The third kappa shape index (κ3) is 7.91. The van der Waals surface area contributed by atoms with E-state index in [4.69, 9.17) is 9.47 Å². The van der Waals surface area contributed by atoms with Gasteiger partial charge in [0.15, 0.2) is 5.96 Å². The summed E-state index contributed by atoms with van der Waals surface area (Å²) in [4.78, 5) is 16.6. The molecule has 1 heterocycles. The van der Waals surface area contributed by atoms with Gasteiger partial charge in [-0.05, 0) is 55.2 Å². The van der Waals surface area contributed by atoms with Crippen molar-refractivity contribution in [2.75, 3.05) is 39.2 Å². The van der Waals surface area contributed by atoms with E-state index in [0.29, 0.717) is 18.6 Å². The van der Waals surface area contributed by atoms with Gasteiger partial charge in [0, 0.05) is 46.1 Å². The summed E-state index contributed by atoms with van der Waals surface area (Å²) in [5.41, 5.74) is 2.18. The molecule has 1 aromatic carbocycles. The summed E-state index contributed by atoms with van der Waals surface area (Å²) < 4.78 is 10.8. The predicted molar refractivity (Wildman–Crippen MR) is 135 cm³/mol. The fraction of sp³-hybridized carbons (Fsp3) is 0.652. The molecule has 7 nitrogen and oxygen atoms in total. The Bertz CT molecular complexity index is 717. The second-order valence-corrected chi connectivity index (χ2v) is 8.42. The fourth-order valence-electron chi connectivity index (χ4n) is 4.40. The normalized spacial score (nSPS) is 20.2. The van der Waals surface area contributed by atoms with Crippen molar-refractivity contribution >= 4 is 41.5 Å². The highest BCUT2D eigenvalue weighted by molar-refractivity contribution is 14.0. The Labute approximate surface area is 203 Å². The van der Waals surface area contributed by atoms with Crippen LogP contribution < -0.4 is 16.0 Å². The van der Waals surface area contributed by atoms with E-state index in [1.807, 2.05) is 24.3 Å². The van der Waals surface area contributed by atoms with Gasteiger partial charge in [0.1, 0.15) is 6.10 Å². The van der Waals surface area contributed by atoms with Crippen molar-refractivity contribution in [2.45, 2.75) is 57.6 Å². The number of anilines is 1. The number of aliphatic imine (C=N–C) groups is 1. The first-order chi connectivity index (χ1) is 14.6. The maximum Gasteiger partial charge on any atom is 0.253 e. The summed E-state index contributed by atoms with van der Waals surface area (Å²) in [7, 11) is 3.57. The van der Waals surface area contributed by atoms with Crippen molar-refractivity contribution in [1.82, 2.24) is 10.6 Å². The van der Waals surface area contributed by atoms with E-state index >= 15 is 0 Å². The van der Waals surface area contributed by atoms with E-state index in [-0.39, 0.29) is 36.0 Å². The van der Waals surface area contributed by atoms with Crippen LogP contribution in [0.15, 0.2) is 29.3 Å². The molecule has 0 radical (unpaired) electrons. The van der Waals surface area contributed by atoms with Gasteiger partial charge in [0.25, 0.3) is 5.91 Å². The Morgan fingerprint density at radius 2 is 2.06 bits per heavy atom. The van der Waals surface area contributed by atoms with Gasteiger partial charge in [0.05, 0.1) is 0 Å². The molecule has 8 heteroatoms. The lowest BCUT2D eigenvalue weighted by Gasteiger charge is -2.30. The predicted octanol–water partition coefficient (Wildman–Crippen LogP) is 3.68. The van der Waals surface area contributed by atoms with Crippen LogP contribution in [0.4, 0.5) is 5.69 Å². The number of guanidine groups is 1. The molecule has 1 saturated carbocycles. The van der Waals surface area contributed by atoms with E-state index < -0.39 is 0 Å². The molecule has 174 valence electrons. The number of ether oxygens (including phenoxy) is 2. The number of halogens is 1. The van der Waals surface area contributed by atoms with Gasteiger partial charge in [0.2, 0.25) is 0 Å². The Hall–Kier alpha value is -1.39. The number of amides is 1. The highest BCUT2D eigenvalue weighted by Crippen LogP contribution is 2.40. The average Bonchev–Trinajstić information content (AvgIpc) is 3.46. The van der Waals surface area contributed by atoms with Crippen LogP contribution in [-0.2, 0) is 20.8 Å². The zero-order chi connectivity index (χ0) is 21.2. The molecular formula is C23H37IN4O3. The number of methoxy groups -OCH3 is 1. The van der Waals surface area contributed by atoms with E-state index in [1.165, 1.54) is 25.7 Å². The molecule has 2 fully saturated rings. The van der Waals surface area contributed by atoms with Gasteiger partial charge in [-0.25, -0.2) is 0 Å². The van der Waals surface area contributed by atoms with Gasteiger partial charge in [-0.15, -0.1) is 24.0 Å². The van der Waals surface area contributed by atoms with Crippen molar-refractivity contribution in [3.63, 3.8) is 0 Å². The van der Waals surface area contributed by atoms with Crippen molar-refractivity contribution in [2.24, 2.45) is 10.4 Å². The molecule has 3 rings (SSSR count). The van der Waals surface area contributed by atoms with Crippen LogP contribution in [0.3, 0.4) is 0 Å². The van der Waals surface area contributed by atoms with Crippen molar-refractivity contribution in [1.29, 1.82) is 0 Å². The Morgan fingerprint density at radius 3 is 2.74 bits per heavy atom. The molecule has 1 amide bonds. The molecule has 0 bridgehead atoms. The molecule has 1 saturated heterocycles. The lowest BCUT2D eigenvalue weighted by atomic mass is 9.83. The maximum atomic E-state index is 12.3. The fourth-order valence-corrected chi connectivity index (χ4v) is 4.40. The average molecular weight is 544 g/mol. The molecule has 31 heavy (non-hydrogen) atoms. The molecule has 3 N–H and O–H groups in total. The largest absolute Gasteiger partial charge is 0.385 e. The number of nitrogens with zero attached hydrogens (tertiary/aromatic N) is 1. The lowest BCUT2D eigenvalue weighted by Crippen LogP contribution is -2.43. The number of hydrogen-bond acceptors (Lipinski definition) is 4. The lowest BCUT2D eigenvalue weighted by molar-refractivity contribution is -0.124. The van der Waals surface area contributed by atoms with Crippen LogP contribution in [0.2, 0.25) is 0 Å². The molecule has 1 atom stereocenters. The first-order valence-corrected chi connectivity index (χ1v) is 11.1. The first-order valence-electron chi connectivity index (χ1n) is 11.1. The quantitative estimate of drug-likeness (QED) is 0.251. The van der Waals surface area contributed by atoms with Crippen LogP contribution in [0.25, 0.3) is 0 Å². The van der Waals surface area contributed by atoms with Crippen LogP contribution in [0.1, 0.15) is 50.5 Å². The van der Waals surface area contributed by atoms with Crippen LogP contribution in [0, 0.1) is 5.41 Å². The second-order valence-electron chi connectivity index (χ2n) is 8.42. The van der Waals surface area contributed by atoms with Crippen LogP contribution in [-0.4, -0.2) is 51.9 Å². The Kier molecular flexibility index (Phi) is 11.0. The van der Waals surface area contributed by atoms with E-state index in [2.05, 4.69) is 20.9 Å². The Morgan fingerprint density at radius 1 is 1.26 bits per heavy atom. The molecule has 0 spiro atoms. The van der Waals surface area contributed by atoms with Crippen LogP contribution in [0.5, 0.6) is 0 Å². The van der Waals surface area contributed by atoms with Gasteiger partial charge in [-0.2, -0.15) is 0 Å². The number of nitrogens with one attached hydrogen (secondary N) is 3. The van der Waals surface area contributed by atoms with E-state index in [0.717, 1.165) is 49.6 Å². The van der Waals surface area contributed by atoms with Gasteiger partial charge < -0.3 is 25.4 Å². The van der Waals surface area contributed by atoms with E-state index in [9.17, 15) is 4.79 Å². The molecule has 2 aliphatic rings. The second kappa shape index (κ2) is 13.2. The molecule has 1 unspecified atom stereocenters. The topological polar surface area (TPSA) is 84.0 Å². The summed E-state index contributed by atoms with van der Waals surface area (Å²) in [5.74, 6) is 0.737. The first kappa shape index (κ1) is 25.9. The SMILES string of the molecule is CN=C(NCc1cccc(NC(=O)C2CCCO2)c1)NCC1(CCOC)CCCC1.I. The zero-order valence-electron chi connectivity index (χ0n) is 18.7. The smallest absolute Gasteiger partial charge is 0.253 e. The molecule has 1 aliphatic carbocycles. The molecule has 1 aliphatic heterocycles. The van der Waals surface area contributed by atoms with Crippen molar-refractivity contribution < 1.29 is 14.3 Å². The van der Waals surface area contributed by atoms with Crippen LogP contribution >= 0.6 is 24.0 Å². The number of rotatable bonds is 9. The summed E-state index contributed by atoms with van der Waals surface area (Å²) >= 11 is 0. The minimum atomic E-state index is -0.323. The van der Waals surface area contributed by atoms with Crippen molar-refractivity contribution in [3.8, 4) is 0 Å². The summed E-state index contributed by atoms with van der Waals surface area (Å²) in [6.07, 6.45) is 7.57. The summed E-state index contributed by atoms with van der Waals surface area (Å²) in [6, 6.07) is 7.89. The standard InChI is InChI=1S/C23H36N4O3.HI/c1-24-22(26-17-23(12-14-29-2)10-3-4-11-23)25-16-18-7-5-8-19(15-18)27-21(28)20-9-6-13-30-20;/h5,7-8,15,20H,3-4,6,9-14,16-17H2,1-2H3,(H,27,28)(H2,24,25,26);1H. The molecular weight excluding hydrogens is 507 g/mol. The number of benzene rings is 1. The minimum absolute atomic E-state index is 0. The Balaban J connectivity index is 0.00000341. The van der Waals surface area contributed by atoms with Gasteiger partial charge in [-0.1, -0.05) is 25.0 Å².